The summed E-state index contributed by atoms with van der Waals surface area (Å²) in [7, 11) is -4.13. The molecule has 12 heteroatoms. The molecule has 4 aromatic rings. The number of nitrogens with one attached hydrogen (secondary N) is 1. The first-order valence-electron chi connectivity index (χ1n) is 11.4. The molecule has 1 fully saturated rings. The van der Waals surface area contributed by atoms with Crippen LogP contribution in [0, 0.1) is 0 Å². The Labute approximate surface area is 216 Å². The van der Waals surface area contributed by atoms with Crippen molar-refractivity contribution < 1.29 is 22.5 Å². The van der Waals surface area contributed by atoms with Gasteiger partial charge in [0.2, 0.25) is 11.5 Å². The number of primary amides is 1. The number of carbonyl (C=O) groups excluding carboxylic acids is 2. The van der Waals surface area contributed by atoms with Gasteiger partial charge in [0.25, 0.3) is 15.9 Å². The zero-order valence-electron chi connectivity index (χ0n) is 19.5. The van der Waals surface area contributed by atoms with Gasteiger partial charge in [0.05, 0.1) is 22.2 Å². The predicted molar refractivity (Wildman–Crippen MR) is 140 cm³/mol. The lowest BCUT2D eigenvalue weighted by molar-refractivity contribution is 0.1000. The fourth-order valence-corrected chi connectivity index (χ4v) is 7.42. The second kappa shape index (κ2) is 9.81. The third-order valence-electron chi connectivity index (χ3n) is 6.05. The monoisotopic (exact) mass is 537 g/mol. The molecule has 5 N–H and O–H groups in total. The summed E-state index contributed by atoms with van der Waals surface area (Å²) in [5.74, 6) is -1.67. The number of hydrogen-bond acceptors (Lipinski definition) is 9. The number of rotatable bonds is 8. The van der Waals surface area contributed by atoms with E-state index in [1.165, 1.54) is 18.2 Å². The molecule has 1 aliphatic heterocycles. The summed E-state index contributed by atoms with van der Waals surface area (Å²) < 4.78 is 34.1. The van der Waals surface area contributed by atoms with Crippen molar-refractivity contribution >= 4 is 43.7 Å². The van der Waals surface area contributed by atoms with Gasteiger partial charge in [0.15, 0.2) is 0 Å². The first-order valence-corrected chi connectivity index (χ1v) is 13.6. The summed E-state index contributed by atoms with van der Waals surface area (Å²) in [5.41, 5.74) is 12.7. The van der Waals surface area contributed by atoms with Gasteiger partial charge in [0.1, 0.15) is 15.6 Å². The van der Waals surface area contributed by atoms with Crippen molar-refractivity contribution in [3.63, 3.8) is 0 Å². The Morgan fingerprint density at radius 3 is 2.38 bits per heavy atom. The lowest BCUT2D eigenvalue weighted by Gasteiger charge is -2.29. The Bertz CT molecular complexity index is 1560. The summed E-state index contributed by atoms with van der Waals surface area (Å²) >= 11 is 0.795. The van der Waals surface area contributed by atoms with Gasteiger partial charge >= 0.3 is 0 Å². The second-order valence-electron chi connectivity index (χ2n) is 8.42. The average Bonchev–Trinajstić information content (AvgIpc) is 3.66. The van der Waals surface area contributed by atoms with Crippen molar-refractivity contribution in [2.75, 3.05) is 23.1 Å². The summed E-state index contributed by atoms with van der Waals surface area (Å²) in [5, 5.41) is 7.10. The fraction of sp³-hybridized carbons (Fsp3) is 0.160. The van der Waals surface area contributed by atoms with Gasteiger partial charge in [-0.3, -0.25) is 13.9 Å². The summed E-state index contributed by atoms with van der Waals surface area (Å²) in [6.45, 7) is 0.943. The number of thiophene rings is 1. The lowest BCUT2D eigenvalue weighted by atomic mass is 10.1. The van der Waals surface area contributed by atoms with Crippen molar-refractivity contribution in [2.24, 2.45) is 5.73 Å². The molecule has 3 heterocycles. The van der Waals surface area contributed by atoms with E-state index in [9.17, 15) is 18.0 Å². The number of nitrogens with zero attached hydrogens (tertiary/aromatic N) is 2. The normalized spacial score (nSPS) is 15.5. The van der Waals surface area contributed by atoms with Crippen LogP contribution >= 0.6 is 11.3 Å². The average molecular weight is 538 g/mol. The van der Waals surface area contributed by atoms with Gasteiger partial charge in [-0.1, -0.05) is 53.7 Å². The third-order valence-corrected chi connectivity index (χ3v) is 9.23. The van der Waals surface area contributed by atoms with Gasteiger partial charge in [-0.2, -0.15) is 0 Å². The Kier molecular flexibility index (Phi) is 6.54. The van der Waals surface area contributed by atoms with Gasteiger partial charge in [-0.05, 0) is 25.1 Å². The maximum Gasteiger partial charge on any atom is 0.265 e. The number of benzene rings is 2. The van der Waals surface area contributed by atoms with Gasteiger partial charge in [-0.25, -0.2) is 8.42 Å². The quantitative estimate of drug-likeness (QED) is 0.289. The van der Waals surface area contributed by atoms with Crippen LogP contribution in [-0.4, -0.2) is 44.4 Å². The molecule has 0 radical (unpaired) electrons. The number of anilines is 2. The van der Waals surface area contributed by atoms with Crippen molar-refractivity contribution in [1.29, 1.82) is 0 Å². The van der Waals surface area contributed by atoms with Crippen molar-refractivity contribution in [2.45, 2.75) is 17.4 Å². The molecule has 2 aromatic carbocycles. The number of carbonyl (C=O) groups is 2. The van der Waals surface area contributed by atoms with E-state index in [2.05, 4.69) is 10.5 Å². The molecular weight excluding hydrogens is 514 g/mol. The van der Waals surface area contributed by atoms with Crippen molar-refractivity contribution in [3.05, 3.63) is 82.9 Å². The summed E-state index contributed by atoms with van der Waals surface area (Å²) in [4.78, 5) is 26.0. The minimum atomic E-state index is -4.13. The van der Waals surface area contributed by atoms with Gasteiger partial charge in [-0.15, -0.1) is 11.3 Å². The zero-order valence-corrected chi connectivity index (χ0v) is 21.1. The standard InChI is InChI=1S/C25H23N5O5S2/c26-21-20(24(27)32)25(30(16-11-12-28-14-16)37(33,34)17-9-5-2-6-10-17)36-23(21)22(31)19-13-18(29-35-19)15-7-3-1-4-8-15/h1-10,13,16,28H,11-12,14,26H2,(H2,27,32). The number of sulfonamides is 1. The van der Waals surface area contributed by atoms with E-state index in [4.69, 9.17) is 16.0 Å². The Morgan fingerprint density at radius 1 is 1.08 bits per heavy atom. The molecule has 5 rings (SSSR count). The minimum Gasteiger partial charge on any atom is -0.397 e. The molecule has 1 amide bonds. The summed E-state index contributed by atoms with van der Waals surface area (Å²) in [6, 6.07) is 18.0. The first kappa shape index (κ1) is 24.7. The molecule has 2 aromatic heterocycles. The van der Waals surface area contributed by atoms with E-state index < -0.39 is 27.8 Å². The molecule has 1 unspecified atom stereocenters. The fourth-order valence-electron chi connectivity index (χ4n) is 4.25. The van der Waals surface area contributed by atoms with E-state index in [1.54, 1.807) is 18.2 Å². The van der Waals surface area contributed by atoms with Crippen molar-refractivity contribution in [1.82, 2.24) is 10.5 Å². The molecule has 10 nitrogen and oxygen atoms in total. The van der Waals surface area contributed by atoms with E-state index in [1.807, 2.05) is 30.3 Å². The van der Waals surface area contributed by atoms with E-state index in [-0.39, 0.29) is 31.8 Å². The SMILES string of the molecule is NC(=O)c1c(N(C2CCNC2)S(=O)(=O)c2ccccc2)sc(C(=O)c2cc(-c3ccccc3)no2)c1N. The molecule has 190 valence electrons. The number of hydrogen-bond donors (Lipinski definition) is 3. The molecule has 1 aliphatic rings. The molecule has 0 saturated carbocycles. The molecule has 0 bridgehead atoms. The van der Waals surface area contributed by atoms with Crippen LogP contribution < -0.4 is 21.1 Å². The number of ketones is 1. The highest BCUT2D eigenvalue weighted by molar-refractivity contribution is 7.93. The number of nitrogens with two attached hydrogens (primary N) is 2. The smallest absolute Gasteiger partial charge is 0.265 e. The zero-order chi connectivity index (χ0) is 26.2. The second-order valence-corrected chi connectivity index (χ2v) is 11.2. The summed E-state index contributed by atoms with van der Waals surface area (Å²) in [6.07, 6.45) is 0.494. The van der Waals surface area contributed by atoms with Crippen LogP contribution in [0.1, 0.15) is 32.2 Å². The minimum absolute atomic E-state index is 0.00583. The Morgan fingerprint density at radius 2 is 1.76 bits per heavy atom. The van der Waals surface area contributed by atoms with Gasteiger partial charge < -0.3 is 21.3 Å². The Balaban J connectivity index is 1.62. The first-order chi connectivity index (χ1) is 17.8. The highest BCUT2D eigenvalue weighted by Crippen LogP contribution is 2.43. The number of aromatic nitrogens is 1. The largest absolute Gasteiger partial charge is 0.397 e. The molecule has 1 atom stereocenters. The number of nitrogen functional groups attached to an aromatic ring is 1. The topological polar surface area (TPSA) is 162 Å². The third kappa shape index (κ3) is 4.50. The molecule has 0 aliphatic carbocycles. The van der Waals surface area contributed by atoms with E-state index >= 15 is 0 Å². The van der Waals surface area contributed by atoms with Crippen LogP contribution in [0.3, 0.4) is 0 Å². The maximum absolute atomic E-state index is 13.8. The maximum atomic E-state index is 13.8. The van der Waals surface area contributed by atoms with Crippen molar-refractivity contribution in [3.8, 4) is 11.3 Å². The van der Waals surface area contributed by atoms with Gasteiger partial charge in [0, 0.05) is 18.2 Å². The molecular formula is C25H23N5O5S2. The van der Waals surface area contributed by atoms with Crippen LogP contribution in [0.2, 0.25) is 0 Å². The number of amides is 1. The van der Waals surface area contributed by atoms with Crippen LogP contribution in [0.5, 0.6) is 0 Å². The van der Waals surface area contributed by atoms with Crippen LogP contribution in [0.15, 0.2) is 76.1 Å². The van der Waals surface area contributed by atoms with E-state index in [0.717, 1.165) is 21.2 Å². The molecule has 37 heavy (non-hydrogen) atoms. The van der Waals surface area contributed by atoms with Crippen LogP contribution in [-0.2, 0) is 10.0 Å². The Hall–Kier alpha value is -4.00. The molecule has 1 saturated heterocycles. The van der Waals surface area contributed by atoms with Crippen LogP contribution in [0.25, 0.3) is 11.3 Å². The predicted octanol–water partition coefficient (Wildman–Crippen LogP) is 2.87. The van der Waals surface area contributed by atoms with E-state index in [0.29, 0.717) is 25.2 Å². The van der Waals surface area contributed by atoms with Crippen LogP contribution in [0.4, 0.5) is 10.7 Å². The highest BCUT2D eigenvalue weighted by Gasteiger charge is 2.39. The molecule has 0 spiro atoms. The highest BCUT2D eigenvalue weighted by atomic mass is 32.2. The lowest BCUT2D eigenvalue weighted by Crippen LogP contribution is -2.42.